The molecule has 0 aromatic heterocycles. The summed E-state index contributed by atoms with van der Waals surface area (Å²) < 4.78 is 11.1. The minimum atomic E-state index is 0.0321. The van der Waals surface area contributed by atoms with E-state index in [0.717, 1.165) is 22.4 Å². The number of Topliss-reactive ketones (excluding diaryl/α,β-unsaturated/α-hetero) is 1. The molecule has 0 bridgehead atoms. The van der Waals surface area contributed by atoms with E-state index in [2.05, 4.69) is 0 Å². The second-order valence-corrected chi connectivity index (χ2v) is 5.48. The highest BCUT2D eigenvalue weighted by Gasteiger charge is 2.25. The second kappa shape index (κ2) is 5.68. The van der Waals surface area contributed by atoms with Gasteiger partial charge in [0.2, 0.25) is 0 Å². The first-order chi connectivity index (χ1) is 10.6. The maximum absolute atomic E-state index is 12.8. The van der Waals surface area contributed by atoms with E-state index in [4.69, 9.17) is 9.47 Å². The van der Waals surface area contributed by atoms with Crippen molar-refractivity contribution in [2.24, 2.45) is 0 Å². The van der Waals surface area contributed by atoms with Crippen molar-refractivity contribution in [1.82, 2.24) is 0 Å². The zero-order valence-corrected chi connectivity index (χ0v) is 13.0. The van der Waals surface area contributed by atoms with Crippen molar-refractivity contribution < 1.29 is 14.3 Å². The van der Waals surface area contributed by atoms with E-state index < -0.39 is 0 Å². The summed E-state index contributed by atoms with van der Waals surface area (Å²) in [5.41, 5.74) is 4.24. The highest BCUT2D eigenvalue weighted by Crippen LogP contribution is 2.32. The van der Waals surface area contributed by atoms with E-state index in [1.54, 1.807) is 7.11 Å². The molecular weight excluding hydrogens is 276 g/mol. The van der Waals surface area contributed by atoms with Crippen molar-refractivity contribution in [2.45, 2.75) is 13.8 Å². The van der Waals surface area contributed by atoms with Gasteiger partial charge < -0.3 is 9.47 Å². The molecule has 3 rings (SSSR count). The van der Waals surface area contributed by atoms with Gasteiger partial charge in [-0.25, -0.2) is 0 Å². The van der Waals surface area contributed by atoms with Crippen LogP contribution in [-0.2, 0) is 0 Å². The molecule has 1 heterocycles. The Bertz CT molecular complexity index is 772. The summed E-state index contributed by atoms with van der Waals surface area (Å²) in [7, 11) is 1.62. The number of aryl methyl sites for hydroxylation is 2. The SMILES string of the molecule is COc1ccccc1/C=C1\COc2cc(C)cc(C)c2C1=O. The van der Waals surface area contributed by atoms with Gasteiger partial charge in [0.1, 0.15) is 18.1 Å². The third-order valence-corrected chi connectivity index (χ3v) is 3.81. The van der Waals surface area contributed by atoms with Crippen molar-refractivity contribution in [3.63, 3.8) is 0 Å². The van der Waals surface area contributed by atoms with Crippen molar-refractivity contribution >= 4 is 11.9 Å². The van der Waals surface area contributed by atoms with Crippen molar-refractivity contribution in [3.8, 4) is 11.5 Å². The van der Waals surface area contributed by atoms with E-state index in [1.165, 1.54) is 0 Å². The Morgan fingerprint density at radius 1 is 1.18 bits per heavy atom. The van der Waals surface area contributed by atoms with Crippen LogP contribution in [0.2, 0.25) is 0 Å². The van der Waals surface area contributed by atoms with E-state index in [9.17, 15) is 4.79 Å². The van der Waals surface area contributed by atoms with Crippen LogP contribution in [0.1, 0.15) is 27.0 Å². The smallest absolute Gasteiger partial charge is 0.196 e. The number of methoxy groups -OCH3 is 1. The van der Waals surface area contributed by atoms with Crippen molar-refractivity contribution in [1.29, 1.82) is 0 Å². The fourth-order valence-corrected chi connectivity index (χ4v) is 2.80. The standard InChI is InChI=1S/C19H18O3/c1-12-8-13(2)18-17(9-12)22-11-15(19(18)20)10-14-6-4-5-7-16(14)21-3/h4-10H,11H2,1-3H3/b15-10+. The van der Waals surface area contributed by atoms with Gasteiger partial charge in [-0.1, -0.05) is 24.3 Å². The number of carbonyl (C=O) groups is 1. The summed E-state index contributed by atoms with van der Waals surface area (Å²) >= 11 is 0. The van der Waals surface area contributed by atoms with Crippen LogP contribution in [0.5, 0.6) is 11.5 Å². The predicted molar refractivity (Wildman–Crippen MR) is 86.7 cm³/mol. The van der Waals surface area contributed by atoms with Crippen LogP contribution in [-0.4, -0.2) is 19.5 Å². The quantitative estimate of drug-likeness (QED) is 0.786. The molecule has 0 atom stereocenters. The van der Waals surface area contributed by atoms with Gasteiger partial charge in [0.05, 0.1) is 12.7 Å². The van der Waals surface area contributed by atoms with Crippen molar-refractivity contribution in [3.05, 3.63) is 64.2 Å². The maximum Gasteiger partial charge on any atom is 0.196 e. The number of para-hydroxylation sites is 1. The molecule has 1 aliphatic heterocycles. The Labute approximate surface area is 130 Å². The van der Waals surface area contributed by atoms with Crippen LogP contribution < -0.4 is 9.47 Å². The minimum Gasteiger partial charge on any atom is -0.496 e. The van der Waals surface area contributed by atoms with Gasteiger partial charge >= 0.3 is 0 Å². The first-order valence-electron chi connectivity index (χ1n) is 7.22. The van der Waals surface area contributed by atoms with Gasteiger partial charge in [0.25, 0.3) is 0 Å². The van der Waals surface area contributed by atoms with E-state index in [-0.39, 0.29) is 12.4 Å². The van der Waals surface area contributed by atoms with Gasteiger partial charge in [0.15, 0.2) is 5.78 Å². The Balaban J connectivity index is 2.04. The summed E-state index contributed by atoms with van der Waals surface area (Å²) in [5, 5.41) is 0. The number of benzene rings is 2. The molecule has 112 valence electrons. The van der Waals surface area contributed by atoms with Gasteiger partial charge in [-0.15, -0.1) is 0 Å². The summed E-state index contributed by atoms with van der Waals surface area (Å²) in [6.07, 6.45) is 1.85. The lowest BCUT2D eigenvalue weighted by Gasteiger charge is -2.21. The molecule has 0 N–H and O–H groups in total. The number of carbonyl (C=O) groups excluding carboxylic acids is 1. The largest absolute Gasteiger partial charge is 0.496 e. The molecule has 0 radical (unpaired) electrons. The Morgan fingerprint density at radius 3 is 2.73 bits per heavy atom. The number of hydrogen-bond acceptors (Lipinski definition) is 3. The summed E-state index contributed by atoms with van der Waals surface area (Å²) in [6, 6.07) is 11.6. The van der Waals surface area contributed by atoms with E-state index in [0.29, 0.717) is 16.9 Å². The number of ketones is 1. The zero-order chi connectivity index (χ0) is 15.7. The zero-order valence-electron chi connectivity index (χ0n) is 13.0. The Morgan fingerprint density at radius 2 is 1.95 bits per heavy atom. The van der Waals surface area contributed by atoms with Crippen LogP contribution in [0.3, 0.4) is 0 Å². The van der Waals surface area contributed by atoms with Crippen molar-refractivity contribution in [2.75, 3.05) is 13.7 Å². The van der Waals surface area contributed by atoms with E-state index >= 15 is 0 Å². The number of hydrogen-bond donors (Lipinski definition) is 0. The monoisotopic (exact) mass is 294 g/mol. The number of fused-ring (bicyclic) bond motifs is 1. The second-order valence-electron chi connectivity index (χ2n) is 5.48. The molecule has 0 aliphatic carbocycles. The van der Waals surface area contributed by atoms with Gasteiger partial charge in [0, 0.05) is 11.1 Å². The topological polar surface area (TPSA) is 35.5 Å². The normalized spacial score (nSPS) is 15.4. The number of ether oxygens (including phenoxy) is 2. The molecule has 0 saturated heterocycles. The lowest BCUT2D eigenvalue weighted by atomic mass is 9.93. The van der Waals surface area contributed by atoms with Crippen LogP contribution >= 0.6 is 0 Å². The first kappa shape index (κ1) is 14.4. The minimum absolute atomic E-state index is 0.0321. The third-order valence-electron chi connectivity index (χ3n) is 3.81. The molecule has 22 heavy (non-hydrogen) atoms. The highest BCUT2D eigenvalue weighted by molar-refractivity contribution is 6.15. The lowest BCUT2D eigenvalue weighted by Crippen LogP contribution is -2.20. The summed E-state index contributed by atoms with van der Waals surface area (Å²) in [6.45, 7) is 4.23. The molecule has 0 fully saturated rings. The molecule has 0 unspecified atom stereocenters. The molecule has 2 aromatic carbocycles. The molecule has 1 aliphatic rings. The predicted octanol–water partition coefficient (Wildman–Crippen LogP) is 3.97. The fraction of sp³-hybridized carbons (Fsp3) is 0.211. The summed E-state index contributed by atoms with van der Waals surface area (Å²) in [5.74, 6) is 1.46. The van der Waals surface area contributed by atoms with Crippen LogP contribution in [0, 0.1) is 13.8 Å². The van der Waals surface area contributed by atoms with Gasteiger partial charge in [-0.2, -0.15) is 0 Å². The molecule has 0 amide bonds. The van der Waals surface area contributed by atoms with Crippen LogP contribution in [0.25, 0.3) is 6.08 Å². The maximum atomic E-state index is 12.8. The van der Waals surface area contributed by atoms with E-state index in [1.807, 2.05) is 56.3 Å². The summed E-state index contributed by atoms with van der Waals surface area (Å²) in [4.78, 5) is 12.8. The Hall–Kier alpha value is -2.55. The molecule has 3 heteroatoms. The average Bonchev–Trinajstić information content (AvgIpc) is 2.50. The molecule has 0 spiro atoms. The third kappa shape index (κ3) is 2.50. The molecule has 0 saturated carbocycles. The average molecular weight is 294 g/mol. The van der Waals surface area contributed by atoms with Gasteiger partial charge in [-0.3, -0.25) is 4.79 Å². The Kier molecular flexibility index (Phi) is 3.72. The molecular formula is C19H18O3. The first-order valence-corrected chi connectivity index (χ1v) is 7.22. The van der Waals surface area contributed by atoms with Crippen LogP contribution in [0.15, 0.2) is 42.0 Å². The number of rotatable bonds is 2. The highest BCUT2D eigenvalue weighted by atomic mass is 16.5. The lowest BCUT2D eigenvalue weighted by molar-refractivity contribution is 0.1000. The van der Waals surface area contributed by atoms with Crippen LogP contribution in [0.4, 0.5) is 0 Å². The fourth-order valence-electron chi connectivity index (χ4n) is 2.80. The van der Waals surface area contributed by atoms with Gasteiger partial charge in [-0.05, 0) is 43.2 Å². The molecule has 2 aromatic rings. The molecule has 3 nitrogen and oxygen atoms in total.